The van der Waals surface area contributed by atoms with Gasteiger partial charge in [0.2, 0.25) is 5.91 Å². The van der Waals surface area contributed by atoms with Crippen LogP contribution in [0.2, 0.25) is 0 Å². The van der Waals surface area contributed by atoms with Gasteiger partial charge in [0, 0.05) is 16.6 Å². The second-order valence-electron chi connectivity index (χ2n) is 6.61. The Bertz CT molecular complexity index is 1210. The Balaban J connectivity index is 1.41. The third-order valence-electron chi connectivity index (χ3n) is 4.27. The zero-order chi connectivity index (χ0) is 20.9. The van der Waals surface area contributed by atoms with Gasteiger partial charge in [-0.3, -0.25) is 9.59 Å². The molecule has 0 fully saturated rings. The molecular formula is C23H19N3O3S. The maximum atomic E-state index is 12.4. The molecule has 7 heteroatoms. The summed E-state index contributed by atoms with van der Waals surface area (Å²) in [4.78, 5) is 26.7. The second kappa shape index (κ2) is 8.75. The summed E-state index contributed by atoms with van der Waals surface area (Å²) in [7, 11) is 0. The second-order valence-corrected chi connectivity index (χ2v) is 7.90. The molecule has 0 aliphatic heterocycles. The molecule has 2 heterocycles. The minimum absolute atomic E-state index is 0.167. The van der Waals surface area contributed by atoms with Gasteiger partial charge in [-0.05, 0) is 61.5 Å². The van der Waals surface area contributed by atoms with Crippen LogP contribution in [-0.2, 0) is 11.3 Å². The number of hydrogen-bond donors (Lipinski definition) is 1. The normalized spacial score (nSPS) is 10.6. The minimum Gasteiger partial charge on any atom is -0.457 e. The lowest BCUT2D eigenvalue weighted by molar-refractivity contribution is -0.117. The Hall–Kier alpha value is -3.71. The van der Waals surface area contributed by atoms with E-state index in [9.17, 15) is 9.59 Å². The van der Waals surface area contributed by atoms with Crippen LogP contribution in [0.3, 0.4) is 0 Å². The van der Waals surface area contributed by atoms with Crippen LogP contribution in [0.25, 0.3) is 10.6 Å². The third kappa shape index (κ3) is 4.82. The van der Waals surface area contributed by atoms with Gasteiger partial charge in [-0.1, -0.05) is 18.2 Å². The number of nitrogens with zero attached hydrogens (tertiary/aromatic N) is 2. The van der Waals surface area contributed by atoms with Crippen molar-refractivity contribution < 1.29 is 9.53 Å². The predicted octanol–water partition coefficient (Wildman–Crippen LogP) is 4.71. The number of benzene rings is 2. The Kier molecular flexibility index (Phi) is 5.72. The van der Waals surface area contributed by atoms with Crippen LogP contribution < -0.4 is 15.6 Å². The van der Waals surface area contributed by atoms with E-state index in [1.807, 2.05) is 49.4 Å². The van der Waals surface area contributed by atoms with E-state index in [1.165, 1.54) is 10.7 Å². The monoisotopic (exact) mass is 417 g/mol. The van der Waals surface area contributed by atoms with Crippen LogP contribution in [0.5, 0.6) is 11.5 Å². The summed E-state index contributed by atoms with van der Waals surface area (Å²) in [5, 5.41) is 7.11. The zero-order valence-corrected chi connectivity index (χ0v) is 17.1. The average molecular weight is 417 g/mol. The van der Waals surface area contributed by atoms with Crippen molar-refractivity contribution in [3.8, 4) is 22.1 Å². The quantitative estimate of drug-likeness (QED) is 0.493. The molecule has 30 heavy (non-hydrogen) atoms. The van der Waals surface area contributed by atoms with Gasteiger partial charge in [-0.15, -0.1) is 11.3 Å². The molecule has 0 bridgehead atoms. The number of carbonyl (C=O) groups is 1. The zero-order valence-electron chi connectivity index (χ0n) is 16.2. The highest BCUT2D eigenvalue weighted by atomic mass is 32.1. The van der Waals surface area contributed by atoms with Crippen LogP contribution >= 0.6 is 11.3 Å². The standard InChI is InChI=1S/C23H19N3O3S/c1-16-7-13-21(30-16)20-12-14-23(28)26(25-20)15-22(27)24-17-8-10-19(11-9-17)29-18-5-3-2-4-6-18/h2-14H,15H2,1H3,(H,24,27). The average Bonchev–Trinajstić information content (AvgIpc) is 3.18. The van der Waals surface area contributed by atoms with Gasteiger partial charge in [0.25, 0.3) is 5.56 Å². The van der Waals surface area contributed by atoms with Crippen LogP contribution in [-0.4, -0.2) is 15.7 Å². The summed E-state index contributed by atoms with van der Waals surface area (Å²) in [5.74, 6) is 1.07. The number of rotatable bonds is 6. The summed E-state index contributed by atoms with van der Waals surface area (Å²) in [5.41, 5.74) is 0.954. The molecule has 0 spiro atoms. The molecule has 0 aliphatic rings. The van der Waals surface area contributed by atoms with Crippen LogP contribution in [0, 0.1) is 6.92 Å². The number of aromatic nitrogens is 2. The molecule has 0 unspecified atom stereocenters. The highest BCUT2D eigenvalue weighted by molar-refractivity contribution is 7.15. The number of anilines is 1. The molecule has 4 rings (SSSR count). The summed E-state index contributed by atoms with van der Waals surface area (Å²) >= 11 is 1.59. The first-order valence-corrected chi connectivity index (χ1v) is 10.2. The smallest absolute Gasteiger partial charge is 0.267 e. The Morgan fingerprint density at radius 2 is 1.70 bits per heavy atom. The van der Waals surface area contributed by atoms with Gasteiger partial charge < -0.3 is 10.1 Å². The van der Waals surface area contributed by atoms with E-state index in [0.29, 0.717) is 17.1 Å². The van der Waals surface area contributed by atoms with Gasteiger partial charge >= 0.3 is 0 Å². The largest absolute Gasteiger partial charge is 0.457 e. The van der Waals surface area contributed by atoms with Crippen molar-refractivity contribution in [2.75, 3.05) is 5.32 Å². The summed E-state index contributed by atoms with van der Waals surface area (Å²) in [6.45, 7) is 1.84. The molecule has 150 valence electrons. The lowest BCUT2D eigenvalue weighted by atomic mass is 10.3. The molecular weight excluding hydrogens is 398 g/mol. The Morgan fingerprint density at radius 1 is 0.967 bits per heavy atom. The van der Waals surface area contributed by atoms with Crippen molar-refractivity contribution >= 4 is 22.9 Å². The molecule has 4 aromatic rings. The number of ether oxygens (including phenoxy) is 1. The SMILES string of the molecule is Cc1ccc(-c2ccc(=O)n(CC(=O)Nc3ccc(Oc4ccccc4)cc3)n2)s1. The molecule has 2 aromatic carbocycles. The first-order valence-electron chi connectivity index (χ1n) is 9.35. The lowest BCUT2D eigenvalue weighted by Gasteiger charge is -2.09. The number of amides is 1. The first-order chi connectivity index (χ1) is 14.6. The van der Waals surface area contributed by atoms with Crippen LogP contribution in [0.15, 0.2) is 83.7 Å². The number of para-hydroxylation sites is 1. The van der Waals surface area contributed by atoms with Crippen molar-refractivity contribution in [1.82, 2.24) is 9.78 Å². The van der Waals surface area contributed by atoms with Crippen molar-refractivity contribution in [2.45, 2.75) is 13.5 Å². The van der Waals surface area contributed by atoms with Crippen molar-refractivity contribution in [2.24, 2.45) is 0 Å². The van der Waals surface area contributed by atoms with Gasteiger partial charge in [0.15, 0.2) is 0 Å². The molecule has 2 aromatic heterocycles. The van der Waals surface area contributed by atoms with E-state index < -0.39 is 0 Å². The maximum absolute atomic E-state index is 12.4. The fourth-order valence-electron chi connectivity index (χ4n) is 2.83. The molecule has 0 aliphatic carbocycles. The maximum Gasteiger partial charge on any atom is 0.267 e. The van der Waals surface area contributed by atoms with Crippen molar-refractivity contribution in [3.63, 3.8) is 0 Å². The highest BCUT2D eigenvalue weighted by Crippen LogP contribution is 2.25. The Morgan fingerprint density at radius 3 is 2.40 bits per heavy atom. The number of nitrogens with one attached hydrogen (secondary N) is 1. The number of carbonyl (C=O) groups excluding carboxylic acids is 1. The fraction of sp³-hybridized carbons (Fsp3) is 0.0870. The van der Waals surface area contributed by atoms with E-state index in [0.717, 1.165) is 15.5 Å². The van der Waals surface area contributed by atoms with Gasteiger partial charge in [0.1, 0.15) is 23.7 Å². The molecule has 0 atom stereocenters. The van der Waals surface area contributed by atoms with Crippen molar-refractivity contribution in [1.29, 1.82) is 0 Å². The highest BCUT2D eigenvalue weighted by Gasteiger charge is 2.10. The lowest BCUT2D eigenvalue weighted by Crippen LogP contribution is -2.29. The van der Waals surface area contributed by atoms with E-state index in [-0.39, 0.29) is 18.0 Å². The number of aryl methyl sites for hydroxylation is 1. The molecule has 0 saturated heterocycles. The summed E-state index contributed by atoms with van der Waals surface area (Å²) in [6, 6.07) is 23.5. The summed E-state index contributed by atoms with van der Waals surface area (Å²) < 4.78 is 6.91. The van der Waals surface area contributed by atoms with Gasteiger partial charge in [-0.25, -0.2) is 4.68 Å². The van der Waals surface area contributed by atoms with Gasteiger partial charge in [-0.2, -0.15) is 5.10 Å². The Labute approximate surface area is 177 Å². The predicted molar refractivity (Wildman–Crippen MR) is 118 cm³/mol. The van der Waals surface area contributed by atoms with E-state index in [4.69, 9.17) is 4.74 Å². The molecule has 1 N–H and O–H groups in total. The number of thiophene rings is 1. The molecule has 6 nitrogen and oxygen atoms in total. The number of hydrogen-bond acceptors (Lipinski definition) is 5. The van der Waals surface area contributed by atoms with E-state index >= 15 is 0 Å². The fourth-order valence-corrected chi connectivity index (χ4v) is 3.67. The van der Waals surface area contributed by atoms with Crippen molar-refractivity contribution in [3.05, 3.63) is 94.1 Å². The van der Waals surface area contributed by atoms with E-state index in [1.54, 1.807) is 41.7 Å². The van der Waals surface area contributed by atoms with E-state index in [2.05, 4.69) is 10.4 Å². The van der Waals surface area contributed by atoms with Crippen LogP contribution in [0.1, 0.15) is 4.88 Å². The molecule has 0 saturated carbocycles. The molecule has 0 radical (unpaired) electrons. The third-order valence-corrected chi connectivity index (χ3v) is 5.29. The summed E-state index contributed by atoms with van der Waals surface area (Å²) in [6.07, 6.45) is 0. The first kappa shape index (κ1) is 19.6. The topological polar surface area (TPSA) is 73.2 Å². The van der Waals surface area contributed by atoms with Crippen LogP contribution in [0.4, 0.5) is 5.69 Å². The van der Waals surface area contributed by atoms with Gasteiger partial charge in [0.05, 0.1) is 4.88 Å². The molecule has 1 amide bonds. The minimum atomic E-state index is -0.333.